The van der Waals surface area contributed by atoms with Crippen LogP contribution in [0.3, 0.4) is 0 Å². The molecular weight excluding hydrogens is 221 g/mol. The highest BCUT2D eigenvalue weighted by Gasteiger charge is 2.23. The fraction of sp³-hybridized carbons (Fsp3) is 0.462. The van der Waals surface area contributed by atoms with Crippen molar-refractivity contribution in [2.45, 2.75) is 26.3 Å². The molecule has 1 rings (SSSR count). The minimum Gasteiger partial charge on any atom is -0.468 e. The van der Waals surface area contributed by atoms with E-state index in [9.17, 15) is 9.18 Å². The van der Waals surface area contributed by atoms with E-state index >= 15 is 0 Å². The highest BCUT2D eigenvalue weighted by molar-refractivity contribution is 5.77. The molecule has 0 radical (unpaired) electrons. The summed E-state index contributed by atoms with van der Waals surface area (Å²) in [5, 5.41) is 2.99. The Kier molecular flexibility index (Phi) is 5.10. The Morgan fingerprint density at radius 2 is 2.24 bits per heavy atom. The van der Waals surface area contributed by atoms with Crippen molar-refractivity contribution in [3.05, 3.63) is 35.1 Å². The van der Waals surface area contributed by atoms with Gasteiger partial charge in [-0.3, -0.25) is 0 Å². The van der Waals surface area contributed by atoms with Crippen molar-refractivity contribution >= 4 is 5.97 Å². The van der Waals surface area contributed by atoms with Gasteiger partial charge in [0.05, 0.1) is 7.11 Å². The molecule has 0 aliphatic heterocycles. The fourth-order valence-electron chi connectivity index (χ4n) is 1.61. The SMILES string of the molecule is CCCNC(C(=O)OC)c1cc(C)ccc1F. The van der Waals surface area contributed by atoms with Gasteiger partial charge in [0.1, 0.15) is 11.9 Å². The third-order valence-corrected chi connectivity index (χ3v) is 2.50. The first-order chi connectivity index (χ1) is 8.10. The van der Waals surface area contributed by atoms with Gasteiger partial charge in [0.2, 0.25) is 0 Å². The lowest BCUT2D eigenvalue weighted by atomic mass is 10.0. The second kappa shape index (κ2) is 6.35. The Morgan fingerprint density at radius 1 is 1.53 bits per heavy atom. The maximum Gasteiger partial charge on any atom is 0.327 e. The molecule has 0 aliphatic rings. The fourth-order valence-corrected chi connectivity index (χ4v) is 1.61. The van der Waals surface area contributed by atoms with E-state index in [1.165, 1.54) is 13.2 Å². The van der Waals surface area contributed by atoms with E-state index in [1.807, 2.05) is 13.8 Å². The summed E-state index contributed by atoms with van der Waals surface area (Å²) in [4.78, 5) is 11.6. The van der Waals surface area contributed by atoms with E-state index in [4.69, 9.17) is 4.74 Å². The Balaban J connectivity index is 3.02. The molecule has 0 aliphatic carbocycles. The van der Waals surface area contributed by atoms with Crippen molar-refractivity contribution in [3.8, 4) is 0 Å². The van der Waals surface area contributed by atoms with E-state index < -0.39 is 17.8 Å². The van der Waals surface area contributed by atoms with Gasteiger partial charge in [0.25, 0.3) is 0 Å². The molecule has 1 atom stereocenters. The van der Waals surface area contributed by atoms with Gasteiger partial charge in [-0.15, -0.1) is 0 Å². The van der Waals surface area contributed by atoms with Crippen LogP contribution in [-0.2, 0) is 9.53 Å². The minimum atomic E-state index is -0.736. The number of halogens is 1. The van der Waals surface area contributed by atoms with E-state index in [0.717, 1.165) is 12.0 Å². The average molecular weight is 239 g/mol. The lowest BCUT2D eigenvalue weighted by molar-refractivity contribution is -0.143. The van der Waals surface area contributed by atoms with Crippen molar-refractivity contribution in [1.29, 1.82) is 0 Å². The highest BCUT2D eigenvalue weighted by Crippen LogP contribution is 2.20. The number of nitrogens with one attached hydrogen (secondary N) is 1. The van der Waals surface area contributed by atoms with Gasteiger partial charge in [0, 0.05) is 5.56 Å². The summed E-state index contributed by atoms with van der Waals surface area (Å²) in [7, 11) is 1.30. The average Bonchev–Trinajstić information content (AvgIpc) is 2.33. The van der Waals surface area contributed by atoms with Crippen LogP contribution >= 0.6 is 0 Å². The number of carbonyl (C=O) groups is 1. The monoisotopic (exact) mass is 239 g/mol. The zero-order valence-electron chi connectivity index (χ0n) is 10.4. The van der Waals surface area contributed by atoms with E-state index in [1.54, 1.807) is 12.1 Å². The molecule has 17 heavy (non-hydrogen) atoms. The summed E-state index contributed by atoms with van der Waals surface area (Å²) in [5.41, 5.74) is 1.25. The van der Waals surface area contributed by atoms with Crippen molar-refractivity contribution in [2.75, 3.05) is 13.7 Å². The zero-order chi connectivity index (χ0) is 12.8. The maximum absolute atomic E-state index is 13.7. The van der Waals surface area contributed by atoms with Crippen LogP contribution in [0.4, 0.5) is 4.39 Å². The van der Waals surface area contributed by atoms with Crippen LogP contribution in [0.25, 0.3) is 0 Å². The van der Waals surface area contributed by atoms with Gasteiger partial charge < -0.3 is 10.1 Å². The maximum atomic E-state index is 13.7. The van der Waals surface area contributed by atoms with Gasteiger partial charge in [-0.05, 0) is 26.0 Å². The third kappa shape index (κ3) is 3.53. The molecule has 1 aromatic carbocycles. The quantitative estimate of drug-likeness (QED) is 0.801. The standard InChI is InChI=1S/C13H18FNO2/c1-4-7-15-12(13(16)17-3)10-8-9(2)5-6-11(10)14/h5-6,8,12,15H,4,7H2,1-3H3. The van der Waals surface area contributed by atoms with Gasteiger partial charge >= 0.3 is 5.97 Å². The molecule has 0 saturated carbocycles. The number of aryl methyl sites for hydroxylation is 1. The molecule has 0 spiro atoms. The predicted molar refractivity (Wildman–Crippen MR) is 64.2 cm³/mol. The second-order valence-electron chi connectivity index (χ2n) is 3.94. The van der Waals surface area contributed by atoms with Gasteiger partial charge in [0.15, 0.2) is 0 Å². The Morgan fingerprint density at radius 3 is 2.82 bits per heavy atom. The predicted octanol–water partition coefficient (Wildman–Crippen LogP) is 2.35. The Labute approximate surface area is 101 Å². The molecule has 0 bridgehead atoms. The molecule has 0 aromatic heterocycles. The van der Waals surface area contributed by atoms with Crippen LogP contribution < -0.4 is 5.32 Å². The Hall–Kier alpha value is -1.42. The lowest BCUT2D eigenvalue weighted by Crippen LogP contribution is -2.31. The number of carbonyl (C=O) groups excluding carboxylic acids is 1. The number of hydrogen-bond donors (Lipinski definition) is 1. The van der Waals surface area contributed by atoms with Crippen LogP contribution in [0, 0.1) is 12.7 Å². The van der Waals surface area contributed by atoms with Gasteiger partial charge in [-0.2, -0.15) is 0 Å². The lowest BCUT2D eigenvalue weighted by Gasteiger charge is -2.17. The summed E-state index contributed by atoms with van der Waals surface area (Å²) < 4.78 is 18.4. The molecule has 3 nitrogen and oxygen atoms in total. The molecular formula is C13H18FNO2. The van der Waals surface area contributed by atoms with Crippen LogP contribution in [0.5, 0.6) is 0 Å². The summed E-state index contributed by atoms with van der Waals surface area (Å²) >= 11 is 0. The highest BCUT2D eigenvalue weighted by atomic mass is 19.1. The topological polar surface area (TPSA) is 38.3 Å². The Bertz CT molecular complexity index is 393. The molecule has 1 aromatic rings. The number of methoxy groups -OCH3 is 1. The minimum absolute atomic E-state index is 0.338. The van der Waals surface area contributed by atoms with Crippen LogP contribution in [0.1, 0.15) is 30.5 Å². The van der Waals surface area contributed by atoms with Crippen molar-refractivity contribution in [2.24, 2.45) is 0 Å². The first kappa shape index (κ1) is 13.6. The van der Waals surface area contributed by atoms with Crippen molar-refractivity contribution < 1.29 is 13.9 Å². The molecule has 0 fully saturated rings. The van der Waals surface area contributed by atoms with Gasteiger partial charge in [-0.1, -0.05) is 24.6 Å². The van der Waals surface area contributed by atoms with Crippen molar-refractivity contribution in [1.82, 2.24) is 5.32 Å². The number of ether oxygens (including phenoxy) is 1. The van der Waals surface area contributed by atoms with Crippen LogP contribution in [0.2, 0.25) is 0 Å². The molecule has 0 saturated heterocycles. The summed E-state index contributed by atoms with van der Waals surface area (Å²) in [5.74, 6) is -0.863. The zero-order valence-corrected chi connectivity index (χ0v) is 10.4. The first-order valence-electron chi connectivity index (χ1n) is 5.67. The summed E-state index contributed by atoms with van der Waals surface area (Å²) in [6.07, 6.45) is 0.862. The van der Waals surface area contributed by atoms with E-state index in [-0.39, 0.29) is 0 Å². The second-order valence-corrected chi connectivity index (χ2v) is 3.94. The van der Waals surface area contributed by atoms with Gasteiger partial charge in [-0.25, -0.2) is 9.18 Å². The summed E-state index contributed by atoms with van der Waals surface area (Å²) in [6.45, 7) is 4.47. The largest absolute Gasteiger partial charge is 0.468 e. The van der Waals surface area contributed by atoms with Crippen LogP contribution in [0.15, 0.2) is 18.2 Å². The molecule has 1 unspecified atom stereocenters. The first-order valence-corrected chi connectivity index (χ1v) is 5.67. The molecule has 1 N–H and O–H groups in total. The molecule has 4 heteroatoms. The molecule has 94 valence electrons. The third-order valence-electron chi connectivity index (χ3n) is 2.50. The van der Waals surface area contributed by atoms with Crippen molar-refractivity contribution in [3.63, 3.8) is 0 Å². The van der Waals surface area contributed by atoms with E-state index in [0.29, 0.717) is 12.1 Å². The molecule has 0 heterocycles. The summed E-state index contributed by atoms with van der Waals surface area (Å²) in [6, 6.07) is 3.97. The van der Waals surface area contributed by atoms with E-state index in [2.05, 4.69) is 5.32 Å². The molecule has 0 amide bonds. The van der Waals surface area contributed by atoms with Crippen LogP contribution in [-0.4, -0.2) is 19.6 Å². The number of benzene rings is 1. The normalized spacial score (nSPS) is 12.2. The smallest absolute Gasteiger partial charge is 0.327 e. The number of hydrogen-bond acceptors (Lipinski definition) is 3. The number of rotatable bonds is 5. The number of esters is 1.